The highest BCUT2D eigenvalue weighted by atomic mass is 16.5. The zero-order valence-corrected chi connectivity index (χ0v) is 12.4. The SMILES string of the molecule is CN1CCOC(C(N)CC2CCCc3ccccc32)C1. The van der Waals surface area contributed by atoms with Crippen LogP contribution in [0.25, 0.3) is 0 Å². The first-order valence-electron chi connectivity index (χ1n) is 7.87. The van der Waals surface area contributed by atoms with Gasteiger partial charge in [-0.1, -0.05) is 24.3 Å². The Balaban J connectivity index is 1.66. The van der Waals surface area contributed by atoms with E-state index in [2.05, 4.69) is 36.2 Å². The normalized spacial score (nSPS) is 28.9. The van der Waals surface area contributed by atoms with Crippen molar-refractivity contribution in [2.24, 2.45) is 5.73 Å². The van der Waals surface area contributed by atoms with Crippen molar-refractivity contribution < 1.29 is 4.74 Å². The van der Waals surface area contributed by atoms with Crippen LogP contribution in [0.2, 0.25) is 0 Å². The number of benzene rings is 1. The van der Waals surface area contributed by atoms with E-state index in [4.69, 9.17) is 10.5 Å². The van der Waals surface area contributed by atoms with Crippen LogP contribution in [0.3, 0.4) is 0 Å². The topological polar surface area (TPSA) is 38.5 Å². The highest BCUT2D eigenvalue weighted by Gasteiger charge is 2.28. The Hall–Kier alpha value is -0.900. The predicted octanol–water partition coefficient (Wildman–Crippen LogP) is 2.15. The average Bonchev–Trinajstić information content (AvgIpc) is 2.47. The first kappa shape index (κ1) is 14.1. The third-order valence-corrected chi connectivity index (χ3v) is 4.82. The van der Waals surface area contributed by atoms with Crippen LogP contribution in [0, 0.1) is 0 Å². The maximum absolute atomic E-state index is 6.45. The van der Waals surface area contributed by atoms with Crippen molar-refractivity contribution in [2.45, 2.75) is 43.7 Å². The third-order valence-electron chi connectivity index (χ3n) is 4.82. The van der Waals surface area contributed by atoms with Gasteiger partial charge >= 0.3 is 0 Å². The number of morpholine rings is 1. The van der Waals surface area contributed by atoms with E-state index in [1.54, 1.807) is 0 Å². The molecule has 1 aliphatic carbocycles. The van der Waals surface area contributed by atoms with E-state index in [1.807, 2.05) is 0 Å². The van der Waals surface area contributed by atoms with E-state index in [9.17, 15) is 0 Å². The standard InChI is InChI=1S/C17H26N2O/c1-19-9-10-20-17(12-19)16(18)11-14-7-4-6-13-5-2-3-8-15(13)14/h2-3,5,8,14,16-17H,4,6-7,9-12,18H2,1H3. The summed E-state index contributed by atoms with van der Waals surface area (Å²) in [6, 6.07) is 9.03. The summed E-state index contributed by atoms with van der Waals surface area (Å²) >= 11 is 0. The molecular weight excluding hydrogens is 248 g/mol. The Morgan fingerprint density at radius 1 is 1.40 bits per heavy atom. The second kappa shape index (κ2) is 6.25. The second-order valence-corrected chi connectivity index (χ2v) is 6.36. The molecule has 0 spiro atoms. The fourth-order valence-corrected chi connectivity index (χ4v) is 3.65. The molecule has 1 aromatic rings. The van der Waals surface area contributed by atoms with E-state index in [0.29, 0.717) is 5.92 Å². The summed E-state index contributed by atoms with van der Waals surface area (Å²) in [5, 5.41) is 0. The van der Waals surface area contributed by atoms with Crippen LogP contribution >= 0.6 is 0 Å². The molecule has 2 N–H and O–H groups in total. The van der Waals surface area contributed by atoms with Gasteiger partial charge in [0.15, 0.2) is 0 Å². The number of rotatable bonds is 3. The first-order chi connectivity index (χ1) is 9.74. The van der Waals surface area contributed by atoms with Crippen molar-refractivity contribution in [3.05, 3.63) is 35.4 Å². The van der Waals surface area contributed by atoms with Gasteiger partial charge in [-0.25, -0.2) is 0 Å². The number of aryl methyl sites for hydroxylation is 1. The largest absolute Gasteiger partial charge is 0.374 e. The van der Waals surface area contributed by atoms with Gasteiger partial charge in [0.1, 0.15) is 0 Å². The van der Waals surface area contributed by atoms with Crippen molar-refractivity contribution in [2.75, 3.05) is 26.7 Å². The summed E-state index contributed by atoms with van der Waals surface area (Å²) in [5.41, 5.74) is 9.50. The Morgan fingerprint density at radius 2 is 2.25 bits per heavy atom. The Kier molecular flexibility index (Phi) is 4.39. The molecule has 1 saturated heterocycles. The Labute approximate surface area is 122 Å². The van der Waals surface area contributed by atoms with Crippen LogP contribution in [0.5, 0.6) is 0 Å². The lowest BCUT2D eigenvalue weighted by atomic mass is 9.79. The summed E-state index contributed by atoms with van der Waals surface area (Å²) in [6.45, 7) is 2.81. The number of ether oxygens (including phenoxy) is 1. The predicted molar refractivity (Wildman–Crippen MR) is 82.0 cm³/mol. The molecular formula is C17H26N2O. The van der Waals surface area contributed by atoms with Crippen molar-refractivity contribution in [3.8, 4) is 0 Å². The van der Waals surface area contributed by atoms with Crippen LogP contribution in [0.15, 0.2) is 24.3 Å². The lowest BCUT2D eigenvalue weighted by Gasteiger charge is -2.36. The number of nitrogens with zero attached hydrogens (tertiary/aromatic N) is 1. The minimum Gasteiger partial charge on any atom is -0.374 e. The molecule has 3 atom stereocenters. The van der Waals surface area contributed by atoms with Crippen LogP contribution in [-0.4, -0.2) is 43.8 Å². The number of nitrogens with two attached hydrogens (primary N) is 1. The summed E-state index contributed by atoms with van der Waals surface area (Å²) in [4.78, 5) is 2.32. The molecule has 0 radical (unpaired) electrons. The molecule has 20 heavy (non-hydrogen) atoms. The molecule has 3 heteroatoms. The van der Waals surface area contributed by atoms with E-state index < -0.39 is 0 Å². The Morgan fingerprint density at radius 3 is 3.10 bits per heavy atom. The molecule has 1 heterocycles. The summed E-state index contributed by atoms with van der Waals surface area (Å²) in [7, 11) is 2.15. The van der Waals surface area contributed by atoms with E-state index >= 15 is 0 Å². The molecule has 3 unspecified atom stereocenters. The van der Waals surface area contributed by atoms with Crippen LogP contribution in [0.1, 0.15) is 36.3 Å². The molecule has 0 bridgehead atoms. The molecule has 1 aliphatic heterocycles. The van der Waals surface area contributed by atoms with Gasteiger partial charge in [-0.05, 0) is 49.8 Å². The van der Waals surface area contributed by atoms with Crippen molar-refractivity contribution in [1.29, 1.82) is 0 Å². The van der Waals surface area contributed by atoms with Crippen molar-refractivity contribution >= 4 is 0 Å². The molecule has 0 saturated carbocycles. The second-order valence-electron chi connectivity index (χ2n) is 6.36. The van der Waals surface area contributed by atoms with Gasteiger partial charge in [-0.15, -0.1) is 0 Å². The highest BCUT2D eigenvalue weighted by Crippen LogP contribution is 2.35. The highest BCUT2D eigenvalue weighted by molar-refractivity contribution is 5.32. The van der Waals surface area contributed by atoms with Crippen LogP contribution < -0.4 is 5.73 Å². The number of fused-ring (bicyclic) bond motifs is 1. The zero-order chi connectivity index (χ0) is 13.9. The van der Waals surface area contributed by atoms with Gasteiger partial charge < -0.3 is 15.4 Å². The molecule has 110 valence electrons. The van der Waals surface area contributed by atoms with Crippen molar-refractivity contribution in [1.82, 2.24) is 4.90 Å². The summed E-state index contributed by atoms with van der Waals surface area (Å²) in [5.74, 6) is 0.616. The summed E-state index contributed by atoms with van der Waals surface area (Å²) < 4.78 is 5.87. The fourth-order valence-electron chi connectivity index (χ4n) is 3.65. The van der Waals surface area contributed by atoms with Crippen LogP contribution in [-0.2, 0) is 11.2 Å². The van der Waals surface area contributed by atoms with Gasteiger partial charge in [0, 0.05) is 19.1 Å². The average molecular weight is 274 g/mol. The van der Waals surface area contributed by atoms with Gasteiger partial charge in [0.05, 0.1) is 12.7 Å². The molecule has 3 nitrogen and oxygen atoms in total. The Bertz CT molecular complexity index is 448. The summed E-state index contributed by atoms with van der Waals surface area (Å²) in [6.07, 6.45) is 5.04. The van der Waals surface area contributed by atoms with E-state index in [-0.39, 0.29) is 12.1 Å². The molecule has 1 aromatic carbocycles. The molecule has 2 aliphatic rings. The van der Waals surface area contributed by atoms with Gasteiger partial charge in [-0.2, -0.15) is 0 Å². The maximum atomic E-state index is 6.45. The third kappa shape index (κ3) is 3.05. The van der Waals surface area contributed by atoms with E-state index in [0.717, 1.165) is 26.1 Å². The van der Waals surface area contributed by atoms with Gasteiger partial charge in [-0.3, -0.25) is 0 Å². The van der Waals surface area contributed by atoms with Gasteiger partial charge in [0.2, 0.25) is 0 Å². The number of hydrogen-bond donors (Lipinski definition) is 1. The number of hydrogen-bond acceptors (Lipinski definition) is 3. The maximum Gasteiger partial charge on any atom is 0.0853 e. The number of likely N-dealkylation sites (N-methyl/N-ethyl adjacent to an activating group) is 1. The monoisotopic (exact) mass is 274 g/mol. The molecule has 0 amide bonds. The quantitative estimate of drug-likeness (QED) is 0.918. The molecule has 3 rings (SSSR count). The molecule has 1 fully saturated rings. The minimum absolute atomic E-state index is 0.147. The lowest BCUT2D eigenvalue weighted by Crippen LogP contribution is -2.49. The fraction of sp³-hybridized carbons (Fsp3) is 0.647. The van der Waals surface area contributed by atoms with Crippen molar-refractivity contribution in [3.63, 3.8) is 0 Å². The smallest absolute Gasteiger partial charge is 0.0853 e. The van der Waals surface area contributed by atoms with Crippen LogP contribution in [0.4, 0.5) is 0 Å². The zero-order valence-electron chi connectivity index (χ0n) is 12.4. The minimum atomic E-state index is 0.147. The van der Waals surface area contributed by atoms with Gasteiger partial charge in [0.25, 0.3) is 0 Å². The van der Waals surface area contributed by atoms with E-state index in [1.165, 1.54) is 30.4 Å². The lowest BCUT2D eigenvalue weighted by molar-refractivity contribution is -0.0344. The molecule has 0 aromatic heterocycles. The first-order valence-corrected chi connectivity index (χ1v) is 7.87.